The molecule has 0 aliphatic carbocycles. The van der Waals surface area contributed by atoms with Gasteiger partial charge in [0.05, 0.1) is 18.8 Å². The first kappa shape index (κ1) is 28.3. The van der Waals surface area contributed by atoms with Crippen LogP contribution >= 0.6 is 24.4 Å². The van der Waals surface area contributed by atoms with Gasteiger partial charge in [-0.3, -0.25) is 19.2 Å². The maximum atomic E-state index is 12.8. The van der Waals surface area contributed by atoms with Crippen molar-refractivity contribution in [3.63, 3.8) is 0 Å². The number of aromatic nitrogens is 2. The average molecular weight is 505 g/mol. The highest BCUT2D eigenvalue weighted by molar-refractivity contribution is 7.98. The van der Waals surface area contributed by atoms with E-state index in [2.05, 4.69) is 38.5 Å². The zero-order valence-corrected chi connectivity index (χ0v) is 19.5. The lowest BCUT2D eigenvalue weighted by atomic mass is 10.1. The van der Waals surface area contributed by atoms with E-state index in [0.717, 1.165) is 0 Å². The maximum Gasteiger partial charge on any atom is 0.326 e. The number of amides is 3. The molecule has 0 aromatic carbocycles. The number of carbonyl (C=O) groups is 5. The largest absolute Gasteiger partial charge is 0.481 e. The molecule has 13 nitrogen and oxygen atoms in total. The molecule has 4 unspecified atom stereocenters. The van der Waals surface area contributed by atoms with Crippen molar-refractivity contribution in [2.75, 3.05) is 17.8 Å². The quantitative estimate of drug-likeness (QED) is 0.123. The molecule has 0 saturated carbocycles. The fraction of sp³-hybridized carbons (Fsp3) is 0.556. The number of hydrogen-bond acceptors (Lipinski definition) is 9. The van der Waals surface area contributed by atoms with Crippen molar-refractivity contribution in [3.05, 3.63) is 18.2 Å². The second-order valence-electron chi connectivity index (χ2n) is 6.97. The van der Waals surface area contributed by atoms with Crippen LogP contribution in [0.4, 0.5) is 0 Å². The Labute approximate surface area is 199 Å². The zero-order chi connectivity index (χ0) is 25.0. The Morgan fingerprint density at radius 1 is 1.09 bits per heavy atom. The maximum absolute atomic E-state index is 12.8. The van der Waals surface area contributed by atoms with Crippen LogP contribution in [0.1, 0.15) is 18.5 Å². The SMILES string of the molecule is CSCCC(NC(=O)C(Cc1cnc[nH]1)NC(=O)C(CC(=O)O)NC(=O)C(N)CS)C(=O)O. The van der Waals surface area contributed by atoms with Gasteiger partial charge in [0.2, 0.25) is 17.7 Å². The smallest absolute Gasteiger partial charge is 0.326 e. The third-order valence-electron chi connectivity index (χ3n) is 4.38. The summed E-state index contributed by atoms with van der Waals surface area (Å²) in [6, 6.07) is -5.06. The first-order chi connectivity index (χ1) is 15.6. The van der Waals surface area contributed by atoms with E-state index >= 15 is 0 Å². The number of H-pyrrole nitrogens is 1. The van der Waals surface area contributed by atoms with Crippen LogP contribution < -0.4 is 21.7 Å². The first-order valence-corrected chi connectivity index (χ1v) is 11.8. The Kier molecular flexibility index (Phi) is 12.3. The number of aromatic amines is 1. The van der Waals surface area contributed by atoms with Gasteiger partial charge in [0.15, 0.2) is 0 Å². The summed E-state index contributed by atoms with van der Waals surface area (Å²) < 4.78 is 0. The molecule has 1 heterocycles. The van der Waals surface area contributed by atoms with Crippen molar-refractivity contribution < 1.29 is 34.2 Å². The number of thiol groups is 1. The summed E-state index contributed by atoms with van der Waals surface area (Å²) in [7, 11) is 0. The molecule has 8 N–H and O–H groups in total. The fourth-order valence-corrected chi connectivity index (χ4v) is 3.25. The predicted molar refractivity (Wildman–Crippen MR) is 123 cm³/mol. The molecule has 0 radical (unpaired) electrons. The molecule has 0 bridgehead atoms. The van der Waals surface area contributed by atoms with Crippen LogP contribution in [0.5, 0.6) is 0 Å². The molecule has 1 aromatic heterocycles. The number of carboxylic acid groups (broad SMARTS) is 2. The molecule has 0 spiro atoms. The fourth-order valence-electron chi connectivity index (χ4n) is 2.61. The molecule has 4 atom stereocenters. The predicted octanol–water partition coefficient (Wildman–Crippen LogP) is -2.02. The van der Waals surface area contributed by atoms with Gasteiger partial charge in [-0.25, -0.2) is 9.78 Å². The van der Waals surface area contributed by atoms with Crippen LogP contribution in [0.2, 0.25) is 0 Å². The Bertz CT molecular complexity index is 823. The molecule has 184 valence electrons. The van der Waals surface area contributed by atoms with E-state index in [9.17, 15) is 29.1 Å². The van der Waals surface area contributed by atoms with Crippen molar-refractivity contribution in [1.29, 1.82) is 0 Å². The molecular formula is C18H28N6O7S2. The molecule has 0 fully saturated rings. The summed E-state index contributed by atoms with van der Waals surface area (Å²) >= 11 is 5.30. The number of nitrogens with one attached hydrogen (secondary N) is 4. The van der Waals surface area contributed by atoms with Gasteiger partial charge in [-0.1, -0.05) is 0 Å². The lowest BCUT2D eigenvalue weighted by Crippen LogP contribution is -2.58. The minimum Gasteiger partial charge on any atom is -0.481 e. The van der Waals surface area contributed by atoms with E-state index in [1.807, 2.05) is 0 Å². The van der Waals surface area contributed by atoms with Crippen LogP contribution in [-0.2, 0) is 30.4 Å². The Morgan fingerprint density at radius 2 is 1.70 bits per heavy atom. The minimum absolute atomic E-state index is 0.0370. The Balaban J connectivity index is 3.04. The van der Waals surface area contributed by atoms with Crippen LogP contribution in [-0.4, -0.2) is 91.8 Å². The molecule has 0 aliphatic rings. The summed E-state index contributed by atoms with van der Waals surface area (Å²) in [5.41, 5.74) is 6.02. The van der Waals surface area contributed by atoms with Gasteiger partial charge < -0.3 is 36.9 Å². The van der Waals surface area contributed by atoms with Crippen molar-refractivity contribution in [2.24, 2.45) is 5.73 Å². The van der Waals surface area contributed by atoms with E-state index in [-0.39, 0.29) is 18.6 Å². The minimum atomic E-state index is -1.52. The molecule has 33 heavy (non-hydrogen) atoms. The summed E-state index contributed by atoms with van der Waals surface area (Å²) in [4.78, 5) is 67.0. The number of aliphatic carboxylic acids is 2. The van der Waals surface area contributed by atoms with Crippen molar-refractivity contribution in [1.82, 2.24) is 25.9 Å². The van der Waals surface area contributed by atoms with Crippen LogP contribution in [0.3, 0.4) is 0 Å². The third kappa shape index (κ3) is 10.1. The summed E-state index contributed by atoms with van der Waals surface area (Å²) in [5, 5.41) is 25.5. The highest BCUT2D eigenvalue weighted by atomic mass is 32.2. The number of thioether (sulfide) groups is 1. The number of carboxylic acids is 2. The highest BCUT2D eigenvalue weighted by Gasteiger charge is 2.31. The van der Waals surface area contributed by atoms with E-state index < -0.39 is 60.2 Å². The summed E-state index contributed by atoms with van der Waals surface area (Å²) in [5.74, 6) is -4.69. The lowest BCUT2D eigenvalue weighted by Gasteiger charge is -2.24. The number of nitrogens with zero attached hydrogens (tertiary/aromatic N) is 1. The topological polar surface area (TPSA) is 217 Å². The third-order valence-corrected chi connectivity index (χ3v) is 5.42. The normalized spacial score (nSPS) is 14.4. The summed E-state index contributed by atoms with van der Waals surface area (Å²) in [6.07, 6.45) is 3.87. The Morgan fingerprint density at radius 3 is 2.21 bits per heavy atom. The second-order valence-corrected chi connectivity index (χ2v) is 8.32. The lowest BCUT2D eigenvalue weighted by molar-refractivity contribution is -0.143. The molecule has 15 heteroatoms. The number of rotatable bonds is 15. The standard InChI is InChI=1S/C18H28N6O7S2/c1-33-3-2-11(18(30)31)22-16(28)12(4-9-6-20-8-21-9)24-17(29)13(5-14(25)26)23-15(27)10(19)7-32/h6,8,10-13,32H,2-5,7,19H2,1H3,(H,20,21)(H,22,28)(H,23,27)(H,24,29)(H,25,26)(H,30,31). The number of carbonyl (C=O) groups excluding carboxylic acids is 3. The molecule has 0 aliphatic heterocycles. The zero-order valence-electron chi connectivity index (χ0n) is 17.8. The van der Waals surface area contributed by atoms with Gasteiger partial charge in [0, 0.05) is 24.1 Å². The van der Waals surface area contributed by atoms with E-state index in [4.69, 9.17) is 10.8 Å². The van der Waals surface area contributed by atoms with Crippen LogP contribution in [0, 0.1) is 0 Å². The number of nitrogens with two attached hydrogens (primary N) is 1. The van der Waals surface area contributed by atoms with E-state index in [1.54, 1.807) is 6.26 Å². The summed E-state index contributed by atoms with van der Waals surface area (Å²) in [6.45, 7) is 0. The first-order valence-electron chi connectivity index (χ1n) is 9.77. The van der Waals surface area contributed by atoms with Gasteiger partial charge in [0.25, 0.3) is 0 Å². The van der Waals surface area contributed by atoms with Crippen molar-refractivity contribution >= 4 is 54.1 Å². The molecule has 0 saturated heterocycles. The van der Waals surface area contributed by atoms with Crippen LogP contribution in [0.25, 0.3) is 0 Å². The van der Waals surface area contributed by atoms with E-state index in [0.29, 0.717) is 11.4 Å². The van der Waals surface area contributed by atoms with Crippen LogP contribution in [0.15, 0.2) is 12.5 Å². The highest BCUT2D eigenvalue weighted by Crippen LogP contribution is 2.05. The number of hydrogen-bond donors (Lipinski definition) is 8. The van der Waals surface area contributed by atoms with Gasteiger partial charge in [-0.05, 0) is 18.4 Å². The molecule has 1 aromatic rings. The van der Waals surface area contributed by atoms with E-state index in [1.165, 1.54) is 24.3 Å². The molecular weight excluding hydrogens is 476 g/mol. The van der Waals surface area contributed by atoms with Crippen molar-refractivity contribution in [2.45, 2.75) is 43.4 Å². The van der Waals surface area contributed by atoms with Gasteiger partial charge >= 0.3 is 11.9 Å². The number of imidazole rings is 1. The van der Waals surface area contributed by atoms with Gasteiger partial charge in [-0.2, -0.15) is 24.4 Å². The Hall–Kier alpha value is -2.78. The molecule has 3 amide bonds. The second kappa shape index (κ2) is 14.4. The van der Waals surface area contributed by atoms with Crippen molar-refractivity contribution in [3.8, 4) is 0 Å². The van der Waals surface area contributed by atoms with Gasteiger partial charge in [0.1, 0.15) is 18.1 Å². The molecule has 1 rings (SSSR count). The van der Waals surface area contributed by atoms with Gasteiger partial charge in [-0.15, -0.1) is 0 Å². The average Bonchev–Trinajstić information content (AvgIpc) is 3.27. The monoisotopic (exact) mass is 504 g/mol.